The smallest absolute Gasteiger partial charge is 0.341 e. The molecule has 0 atom stereocenters. The Bertz CT molecular complexity index is 906. The van der Waals surface area contributed by atoms with Crippen LogP contribution in [0.15, 0.2) is 48.4 Å². The molecule has 1 N–H and O–H groups in total. The second kappa shape index (κ2) is 7.50. The Hall–Kier alpha value is -2.64. The quantitative estimate of drug-likeness (QED) is 0.690. The highest BCUT2D eigenvalue weighted by Gasteiger charge is 2.23. The molecule has 2 heterocycles. The first-order valence-electron chi connectivity index (χ1n) is 7.30. The van der Waals surface area contributed by atoms with Crippen molar-refractivity contribution < 1.29 is 14.3 Å². The predicted octanol–water partition coefficient (Wildman–Crippen LogP) is 3.69. The van der Waals surface area contributed by atoms with Crippen molar-refractivity contribution in [2.75, 3.05) is 12.4 Å². The number of carbonyl (C=O) groups is 2. The highest BCUT2D eigenvalue weighted by Crippen LogP contribution is 2.39. The second-order valence-corrected chi connectivity index (χ2v) is 6.39. The molecule has 128 valence electrons. The Labute approximate surface area is 153 Å². The summed E-state index contributed by atoms with van der Waals surface area (Å²) in [6, 6.07) is 7.20. The van der Waals surface area contributed by atoms with Crippen molar-refractivity contribution in [2.24, 2.45) is 0 Å². The summed E-state index contributed by atoms with van der Waals surface area (Å²) in [5.41, 5.74) is 1.62. The van der Waals surface area contributed by atoms with Crippen LogP contribution in [0.2, 0.25) is 5.02 Å². The van der Waals surface area contributed by atoms with Crippen LogP contribution in [0.1, 0.15) is 10.4 Å². The number of anilines is 1. The summed E-state index contributed by atoms with van der Waals surface area (Å²) in [6.07, 6.45) is 4.82. The maximum Gasteiger partial charge on any atom is 0.341 e. The number of benzene rings is 1. The minimum absolute atomic E-state index is 0.0972. The topological polar surface area (TPSA) is 73.2 Å². The lowest BCUT2D eigenvalue weighted by Crippen LogP contribution is -2.19. The number of nitrogens with one attached hydrogen (secondary N) is 1. The van der Waals surface area contributed by atoms with Gasteiger partial charge in [-0.05, 0) is 6.07 Å². The minimum Gasteiger partial charge on any atom is -0.465 e. The molecule has 0 saturated heterocycles. The van der Waals surface area contributed by atoms with Crippen molar-refractivity contribution in [1.82, 2.24) is 9.55 Å². The zero-order valence-corrected chi connectivity index (χ0v) is 14.8. The van der Waals surface area contributed by atoms with E-state index in [4.69, 9.17) is 16.3 Å². The van der Waals surface area contributed by atoms with E-state index in [0.29, 0.717) is 26.7 Å². The third-order valence-corrected chi connectivity index (χ3v) is 4.71. The van der Waals surface area contributed by atoms with Crippen LogP contribution in [-0.2, 0) is 16.1 Å². The van der Waals surface area contributed by atoms with Crippen molar-refractivity contribution in [1.29, 1.82) is 0 Å². The Balaban J connectivity index is 1.93. The number of carbonyl (C=O) groups excluding carboxylic acids is 2. The molecular weight excluding hydrogens is 362 g/mol. The van der Waals surface area contributed by atoms with Crippen LogP contribution in [0.5, 0.6) is 0 Å². The number of methoxy groups -OCH3 is 1. The number of hydrogen-bond acceptors (Lipinski definition) is 5. The van der Waals surface area contributed by atoms with Gasteiger partial charge in [-0.15, -0.1) is 11.3 Å². The molecule has 0 radical (unpaired) electrons. The standard InChI is InChI=1S/C17H14ClN3O3S/c1-24-17(23)15-12(11-4-2-3-5-13(11)18)9-25-16(15)20-14(22)8-21-7-6-19-10-21/h2-7,9-10H,8H2,1H3,(H,20,22). The second-order valence-electron chi connectivity index (χ2n) is 5.11. The third kappa shape index (κ3) is 3.72. The van der Waals surface area contributed by atoms with E-state index in [1.807, 2.05) is 18.2 Å². The van der Waals surface area contributed by atoms with Gasteiger partial charge in [-0.25, -0.2) is 9.78 Å². The molecule has 25 heavy (non-hydrogen) atoms. The number of esters is 1. The Kier molecular flexibility index (Phi) is 5.16. The van der Waals surface area contributed by atoms with Crippen LogP contribution in [0.25, 0.3) is 11.1 Å². The van der Waals surface area contributed by atoms with Gasteiger partial charge in [0.2, 0.25) is 5.91 Å². The van der Waals surface area contributed by atoms with Gasteiger partial charge in [0.1, 0.15) is 17.1 Å². The highest BCUT2D eigenvalue weighted by molar-refractivity contribution is 7.15. The van der Waals surface area contributed by atoms with Gasteiger partial charge in [-0.1, -0.05) is 29.8 Å². The van der Waals surface area contributed by atoms with E-state index in [9.17, 15) is 9.59 Å². The predicted molar refractivity (Wildman–Crippen MR) is 97.0 cm³/mol. The molecular formula is C17H14ClN3O3S. The van der Waals surface area contributed by atoms with E-state index in [1.54, 1.807) is 34.7 Å². The molecule has 8 heteroatoms. The highest BCUT2D eigenvalue weighted by atomic mass is 35.5. The molecule has 3 rings (SSSR count). The van der Waals surface area contributed by atoms with Gasteiger partial charge < -0.3 is 14.6 Å². The van der Waals surface area contributed by atoms with Crippen LogP contribution in [0, 0.1) is 0 Å². The minimum atomic E-state index is -0.533. The van der Waals surface area contributed by atoms with Gasteiger partial charge in [0.05, 0.1) is 13.4 Å². The molecule has 6 nitrogen and oxygen atoms in total. The monoisotopic (exact) mass is 375 g/mol. The van der Waals surface area contributed by atoms with E-state index in [-0.39, 0.29) is 12.5 Å². The maximum atomic E-state index is 12.3. The van der Waals surface area contributed by atoms with Crippen LogP contribution in [-0.4, -0.2) is 28.5 Å². The molecule has 1 amide bonds. The number of rotatable bonds is 5. The van der Waals surface area contributed by atoms with E-state index in [1.165, 1.54) is 18.4 Å². The Morgan fingerprint density at radius 2 is 2.12 bits per heavy atom. The van der Waals surface area contributed by atoms with Crippen LogP contribution in [0.3, 0.4) is 0 Å². The van der Waals surface area contributed by atoms with E-state index >= 15 is 0 Å². The first kappa shape index (κ1) is 17.2. The summed E-state index contributed by atoms with van der Waals surface area (Å²) < 4.78 is 6.52. The lowest BCUT2D eigenvalue weighted by atomic mass is 10.0. The number of nitrogens with zero attached hydrogens (tertiary/aromatic N) is 2. The van der Waals surface area contributed by atoms with Crippen LogP contribution < -0.4 is 5.32 Å². The lowest BCUT2D eigenvalue weighted by molar-refractivity contribution is -0.116. The van der Waals surface area contributed by atoms with Gasteiger partial charge in [-0.3, -0.25) is 4.79 Å². The molecule has 0 aliphatic rings. The fraction of sp³-hybridized carbons (Fsp3) is 0.118. The first-order chi connectivity index (χ1) is 12.1. The van der Waals surface area contributed by atoms with E-state index < -0.39 is 5.97 Å². The fourth-order valence-corrected chi connectivity index (χ4v) is 3.55. The summed E-state index contributed by atoms with van der Waals surface area (Å²) in [7, 11) is 1.30. The average Bonchev–Trinajstić information content (AvgIpc) is 3.24. The van der Waals surface area contributed by atoms with Gasteiger partial charge in [0.25, 0.3) is 0 Å². The molecule has 0 bridgehead atoms. The number of thiophene rings is 1. The summed E-state index contributed by atoms with van der Waals surface area (Å²) in [6.45, 7) is 0.0972. The van der Waals surface area contributed by atoms with Crippen molar-refractivity contribution in [2.45, 2.75) is 6.54 Å². The molecule has 0 aliphatic heterocycles. The van der Waals surface area contributed by atoms with Crippen molar-refractivity contribution in [3.8, 4) is 11.1 Å². The Morgan fingerprint density at radius 1 is 1.32 bits per heavy atom. The number of amides is 1. The van der Waals surface area contributed by atoms with Gasteiger partial charge in [-0.2, -0.15) is 0 Å². The molecule has 0 unspecified atom stereocenters. The summed E-state index contributed by atoms with van der Waals surface area (Å²) in [5.74, 6) is -0.801. The van der Waals surface area contributed by atoms with Crippen molar-refractivity contribution >= 4 is 39.8 Å². The third-order valence-electron chi connectivity index (χ3n) is 3.48. The SMILES string of the molecule is COC(=O)c1c(-c2ccccc2Cl)csc1NC(=O)Cn1ccnc1. The largest absolute Gasteiger partial charge is 0.465 e. The first-order valence-corrected chi connectivity index (χ1v) is 8.56. The normalized spacial score (nSPS) is 10.5. The van der Waals surface area contributed by atoms with Crippen LogP contribution >= 0.6 is 22.9 Å². The zero-order valence-electron chi connectivity index (χ0n) is 13.2. The maximum absolute atomic E-state index is 12.3. The van der Waals surface area contributed by atoms with E-state index in [0.717, 1.165) is 0 Å². The van der Waals surface area contributed by atoms with Gasteiger partial charge in [0.15, 0.2) is 0 Å². The molecule has 2 aromatic heterocycles. The number of aromatic nitrogens is 2. The lowest BCUT2D eigenvalue weighted by Gasteiger charge is -2.09. The number of imidazole rings is 1. The average molecular weight is 376 g/mol. The van der Waals surface area contributed by atoms with Crippen molar-refractivity contribution in [3.05, 3.63) is 59.0 Å². The summed E-state index contributed by atoms with van der Waals surface area (Å²) in [4.78, 5) is 28.4. The van der Waals surface area contributed by atoms with E-state index in [2.05, 4.69) is 10.3 Å². The number of hydrogen-bond donors (Lipinski definition) is 1. The molecule has 3 aromatic rings. The number of halogens is 1. The van der Waals surface area contributed by atoms with Gasteiger partial charge >= 0.3 is 5.97 Å². The summed E-state index contributed by atoms with van der Waals surface area (Å²) >= 11 is 7.49. The fourth-order valence-electron chi connectivity index (χ4n) is 2.34. The Morgan fingerprint density at radius 3 is 2.80 bits per heavy atom. The molecule has 0 saturated carbocycles. The molecule has 0 spiro atoms. The molecule has 0 fully saturated rings. The number of ether oxygens (including phenoxy) is 1. The van der Waals surface area contributed by atoms with Crippen LogP contribution in [0.4, 0.5) is 5.00 Å². The molecule has 1 aromatic carbocycles. The summed E-state index contributed by atoms with van der Waals surface area (Å²) in [5, 5.41) is 5.48. The zero-order chi connectivity index (χ0) is 17.8. The van der Waals surface area contributed by atoms with Gasteiger partial charge in [0, 0.05) is 33.9 Å². The molecule has 0 aliphatic carbocycles. The van der Waals surface area contributed by atoms with Crippen molar-refractivity contribution in [3.63, 3.8) is 0 Å².